The molecule has 0 amide bonds. The normalized spacial score (nSPS) is 9.64. The first-order chi connectivity index (χ1) is 5.15. The van der Waals surface area contributed by atoms with Gasteiger partial charge in [0.2, 0.25) is 0 Å². The summed E-state index contributed by atoms with van der Waals surface area (Å²) in [5, 5.41) is 10.8. The predicted octanol–water partition coefficient (Wildman–Crippen LogP) is -0.790. The lowest BCUT2D eigenvalue weighted by molar-refractivity contribution is 0.298. The summed E-state index contributed by atoms with van der Waals surface area (Å²) in [6, 6.07) is 0.520. The largest absolute Gasteiger partial charge is 0.352 e. The van der Waals surface area contributed by atoms with E-state index in [0.717, 1.165) is 10.6 Å². The quantitative estimate of drug-likeness (QED) is 0.410. The van der Waals surface area contributed by atoms with E-state index in [1.54, 1.807) is 0 Å². The molecule has 0 aliphatic carbocycles. The highest BCUT2D eigenvalue weighted by molar-refractivity contribution is 5.32. The zero-order valence-electron chi connectivity index (χ0n) is 5.87. The van der Waals surface area contributed by atoms with E-state index in [0.29, 0.717) is 0 Å². The topological polar surface area (TPSA) is 92.8 Å². The van der Waals surface area contributed by atoms with Crippen LogP contribution in [0.5, 0.6) is 6.01 Å². The number of nitrogens with zero attached hydrogens (tertiary/aromatic N) is 2. The van der Waals surface area contributed by atoms with Gasteiger partial charge in [0.25, 0.3) is 5.56 Å². The lowest BCUT2D eigenvalue weighted by Gasteiger charge is -1.99. The van der Waals surface area contributed by atoms with Crippen molar-refractivity contribution in [1.82, 2.24) is 9.55 Å². The van der Waals surface area contributed by atoms with Crippen molar-refractivity contribution in [2.45, 2.75) is 0 Å². The lowest BCUT2D eigenvalue weighted by atomic mass is 10.6. The van der Waals surface area contributed by atoms with Crippen LogP contribution < -0.4 is 16.8 Å². The Bertz CT molecular complexity index is 319. The van der Waals surface area contributed by atoms with Gasteiger partial charge in [-0.2, -0.15) is 4.98 Å². The van der Waals surface area contributed by atoms with Crippen molar-refractivity contribution >= 4 is 5.82 Å². The Morgan fingerprint density at radius 2 is 2.36 bits per heavy atom. The zero-order chi connectivity index (χ0) is 8.43. The number of nitrogens with two attached hydrogens (primary N) is 1. The molecule has 1 rings (SSSR count). The molecule has 1 heterocycles. The van der Waals surface area contributed by atoms with Crippen molar-refractivity contribution in [1.29, 1.82) is 0 Å². The number of anilines is 1. The van der Waals surface area contributed by atoms with Crippen LogP contribution in [0.15, 0.2) is 10.9 Å². The molecule has 11 heavy (non-hydrogen) atoms. The maximum atomic E-state index is 10.8. The van der Waals surface area contributed by atoms with E-state index in [1.165, 1.54) is 7.05 Å². The highest BCUT2D eigenvalue weighted by Gasteiger charge is 2.02. The third-order valence-corrected chi connectivity index (χ3v) is 1.24. The van der Waals surface area contributed by atoms with E-state index in [2.05, 4.69) is 10.4 Å². The monoisotopic (exact) mass is 155 g/mol. The van der Waals surface area contributed by atoms with E-state index in [4.69, 9.17) is 5.84 Å². The lowest BCUT2D eigenvalue weighted by Crippen LogP contribution is -2.19. The highest BCUT2D eigenvalue weighted by Crippen LogP contribution is 2.03. The van der Waals surface area contributed by atoms with E-state index in [1.807, 2.05) is 0 Å². The van der Waals surface area contributed by atoms with Crippen molar-refractivity contribution in [3.8, 4) is 6.01 Å². The second-order valence-electron chi connectivity index (χ2n) is 1.97. The van der Waals surface area contributed by atoms with Crippen molar-refractivity contribution < 1.29 is 5.11 Å². The maximum Gasteiger partial charge on any atom is 0.352 e. The van der Waals surface area contributed by atoms with Gasteiger partial charge in [0.05, 0.1) is 0 Å². The molecule has 6 heteroatoms. The molecule has 0 aliphatic heterocycles. The van der Waals surface area contributed by atoms with E-state index in [9.17, 15) is 9.90 Å². The number of hydrogen-bond donors (Lipinski definition) is 2. The van der Waals surface area contributed by atoms with Crippen LogP contribution in [-0.4, -0.2) is 9.55 Å². The van der Waals surface area contributed by atoms with Crippen molar-refractivity contribution in [2.24, 2.45) is 12.9 Å². The fraction of sp³-hybridized carbons (Fsp3) is 0.200. The smallest absolute Gasteiger partial charge is 0.308 e. The van der Waals surface area contributed by atoms with Crippen LogP contribution in [-0.2, 0) is 12.2 Å². The van der Waals surface area contributed by atoms with Gasteiger partial charge in [-0.1, -0.05) is 0 Å². The second kappa shape index (κ2) is 2.59. The van der Waals surface area contributed by atoms with Crippen LogP contribution in [0.2, 0.25) is 0 Å². The number of aromatic nitrogens is 2. The minimum atomic E-state index is -0.620. The van der Waals surface area contributed by atoms with Gasteiger partial charge in [-0.3, -0.25) is 9.36 Å². The van der Waals surface area contributed by atoms with Gasteiger partial charge in [0, 0.05) is 13.1 Å². The van der Waals surface area contributed by atoms with Gasteiger partial charge in [0.1, 0.15) is 0 Å². The molecule has 3 N–H and O–H groups in total. The first-order valence-electron chi connectivity index (χ1n) is 2.87. The number of rotatable bonds is 1. The molecule has 59 valence electrons. The molecule has 0 aliphatic rings. The van der Waals surface area contributed by atoms with Crippen LogP contribution >= 0.6 is 0 Å². The van der Waals surface area contributed by atoms with Crippen LogP contribution in [0.3, 0.4) is 0 Å². The average molecular weight is 155 g/mol. The molecule has 0 atom stereocenters. The predicted molar refractivity (Wildman–Crippen MR) is 37.4 cm³/mol. The number of hydrogen-bond acceptors (Lipinski definition) is 4. The molecule has 1 aromatic heterocycles. The van der Waals surface area contributed by atoms with E-state index < -0.39 is 11.6 Å². The molecule has 0 spiro atoms. The highest BCUT2D eigenvalue weighted by atomic mass is 16.3. The Hall–Kier alpha value is -1.56. The minimum Gasteiger partial charge on any atom is -0.308 e. The molecule has 1 radical (unpaired) electrons. The zero-order valence-corrected chi connectivity index (χ0v) is 5.87. The standard InChI is InChI=1S/C5H7N4O2/c1-9-4(10)2-3(8-6)7-5(9)11/h2,8H,6H2,1H3. The van der Waals surface area contributed by atoms with Crippen LogP contribution in [0.4, 0.5) is 5.82 Å². The van der Waals surface area contributed by atoms with Crippen molar-refractivity contribution in [3.63, 3.8) is 0 Å². The minimum absolute atomic E-state index is 0.0816. The molecule has 0 saturated heterocycles. The van der Waals surface area contributed by atoms with Gasteiger partial charge in [-0.25, -0.2) is 10.9 Å². The Morgan fingerprint density at radius 1 is 1.73 bits per heavy atom. The Morgan fingerprint density at radius 3 is 2.82 bits per heavy atom. The fourth-order valence-electron chi connectivity index (χ4n) is 0.592. The third kappa shape index (κ3) is 1.30. The average Bonchev–Trinajstić information content (AvgIpc) is 1.99. The van der Waals surface area contributed by atoms with Crippen LogP contribution in [0.25, 0.3) is 0 Å². The molecular weight excluding hydrogens is 148 g/mol. The first-order valence-corrected chi connectivity index (χ1v) is 2.87. The van der Waals surface area contributed by atoms with E-state index in [-0.39, 0.29) is 5.82 Å². The van der Waals surface area contributed by atoms with Gasteiger partial charge in [-0.05, 0) is 0 Å². The van der Waals surface area contributed by atoms with E-state index >= 15 is 0 Å². The van der Waals surface area contributed by atoms with Gasteiger partial charge in [-0.15, -0.1) is 0 Å². The first kappa shape index (κ1) is 7.55. The summed E-state index contributed by atoms with van der Waals surface area (Å²) in [4.78, 5) is 14.3. The summed E-state index contributed by atoms with van der Waals surface area (Å²) in [6.07, 6.45) is 0. The molecule has 0 fully saturated rings. The molecule has 0 unspecified atom stereocenters. The summed E-state index contributed by atoms with van der Waals surface area (Å²) in [5.74, 6) is 5.02. The molecule has 0 bridgehead atoms. The molecule has 0 aromatic carbocycles. The molecular formula is C5H7N4O2. The number of hydrazine groups is 1. The third-order valence-electron chi connectivity index (χ3n) is 1.24. The summed E-state index contributed by atoms with van der Waals surface area (Å²) < 4.78 is 0.890. The summed E-state index contributed by atoms with van der Waals surface area (Å²) in [5.41, 5.74) is 1.68. The second-order valence-corrected chi connectivity index (χ2v) is 1.97. The van der Waals surface area contributed by atoms with Crippen molar-refractivity contribution in [3.05, 3.63) is 16.4 Å². The summed E-state index contributed by atoms with van der Waals surface area (Å²) in [7, 11) is 1.35. The Balaban J connectivity index is 3.32. The number of nitrogen functional groups attached to an aromatic ring is 1. The van der Waals surface area contributed by atoms with Crippen LogP contribution in [0, 0.1) is 0 Å². The van der Waals surface area contributed by atoms with Gasteiger partial charge >= 0.3 is 6.01 Å². The fourth-order valence-corrected chi connectivity index (χ4v) is 0.592. The number of nitrogens with one attached hydrogen (secondary N) is 1. The summed E-state index contributed by atoms with van der Waals surface area (Å²) >= 11 is 0. The van der Waals surface area contributed by atoms with Crippen LogP contribution in [0.1, 0.15) is 0 Å². The molecule has 0 saturated carbocycles. The Labute approximate surface area is 62.3 Å². The molecule has 6 nitrogen and oxygen atoms in total. The Kier molecular flexibility index (Phi) is 1.77. The van der Waals surface area contributed by atoms with Gasteiger partial charge in [0.15, 0.2) is 5.82 Å². The molecule has 1 aromatic rings. The summed E-state index contributed by atoms with van der Waals surface area (Å²) in [6.45, 7) is 0. The van der Waals surface area contributed by atoms with Crippen molar-refractivity contribution in [2.75, 3.05) is 5.43 Å². The SMILES string of the molecule is Cn1c([O])nc(NN)cc1=O. The maximum absolute atomic E-state index is 10.8. The van der Waals surface area contributed by atoms with Gasteiger partial charge < -0.3 is 5.43 Å².